The predicted molar refractivity (Wildman–Crippen MR) is 225 cm³/mol. The van der Waals surface area contributed by atoms with E-state index in [0.717, 1.165) is 99.3 Å². The highest BCUT2D eigenvalue weighted by atomic mass is 16.6. The number of fused-ring (bicyclic) bond motifs is 3. The molecule has 7 nitrogen and oxygen atoms in total. The van der Waals surface area contributed by atoms with Crippen molar-refractivity contribution >= 4 is 12.0 Å². The third-order valence-corrected chi connectivity index (χ3v) is 17.7. The number of unbranched alkanes of at least 4 members (excludes halogenated alkanes) is 3. The highest BCUT2D eigenvalue weighted by Crippen LogP contribution is 2.71. The van der Waals surface area contributed by atoms with Gasteiger partial charge in [0, 0.05) is 27.1 Å². The smallest absolute Gasteiger partial charge is 0.407 e. The van der Waals surface area contributed by atoms with Crippen molar-refractivity contribution in [3.05, 3.63) is 0 Å². The third-order valence-electron chi connectivity index (χ3n) is 17.7. The number of carbonyl (C=O) groups excluding carboxylic acids is 2. The van der Waals surface area contributed by atoms with Crippen molar-refractivity contribution in [2.45, 2.75) is 218 Å². The normalized spacial score (nSPS) is 40.8. The Labute approximate surface area is 342 Å². The number of amides is 2. The van der Waals surface area contributed by atoms with Gasteiger partial charge in [-0.2, -0.15) is 0 Å². The Bertz CT molecular complexity index is 1170. The molecular formula is C49H84N2O5. The van der Waals surface area contributed by atoms with E-state index < -0.39 is 0 Å². The molecule has 7 fully saturated rings. The summed E-state index contributed by atoms with van der Waals surface area (Å²) in [5, 5.41) is 5.96. The lowest BCUT2D eigenvalue weighted by molar-refractivity contribution is -0.119. The zero-order chi connectivity index (χ0) is 38.9. The molecule has 0 saturated heterocycles. The zero-order valence-electron chi connectivity index (χ0n) is 36.3. The number of nitrogens with one attached hydrogen (secondary N) is 2. The molecule has 320 valence electrons. The Morgan fingerprint density at radius 2 is 1.04 bits per heavy atom. The first-order valence-electron chi connectivity index (χ1n) is 24.7. The highest BCUT2D eigenvalue weighted by molar-refractivity contribution is 5.72. The van der Waals surface area contributed by atoms with E-state index in [-0.39, 0.29) is 18.1 Å². The number of methoxy groups -OCH3 is 1. The molecule has 7 rings (SSSR count). The van der Waals surface area contributed by atoms with Gasteiger partial charge in [0.1, 0.15) is 6.10 Å². The lowest BCUT2D eigenvalue weighted by Gasteiger charge is -2.57. The number of ether oxygens (including phenoxy) is 3. The van der Waals surface area contributed by atoms with Crippen LogP contribution in [0.1, 0.15) is 194 Å². The Kier molecular flexibility index (Phi) is 15.9. The molecule has 56 heavy (non-hydrogen) atoms. The maximum atomic E-state index is 13.2. The molecule has 2 amide bonds. The number of hydrogen-bond acceptors (Lipinski definition) is 5. The van der Waals surface area contributed by atoms with Crippen LogP contribution in [0.5, 0.6) is 0 Å². The van der Waals surface area contributed by atoms with Crippen molar-refractivity contribution in [2.75, 3.05) is 20.2 Å². The van der Waals surface area contributed by atoms with E-state index in [0.29, 0.717) is 42.1 Å². The second kappa shape index (κ2) is 20.8. The van der Waals surface area contributed by atoms with Gasteiger partial charge in [0.2, 0.25) is 5.91 Å². The minimum Gasteiger partial charge on any atom is -0.446 e. The van der Waals surface area contributed by atoms with Crippen LogP contribution in [0.4, 0.5) is 4.79 Å². The van der Waals surface area contributed by atoms with Gasteiger partial charge in [0.25, 0.3) is 0 Å². The molecule has 0 bridgehead atoms. The number of rotatable bonds is 15. The van der Waals surface area contributed by atoms with Crippen LogP contribution in [0.2, 0.25) is 0 Å². The van der Waals surface area contributed by atoms with Crippen molar-refractivity contribution in [3.63, 3.8) is 0 Å². The van der Waals surface area contributed by atoms with Crippen LogP contribution in [-0.2, 0) is 19.0 Å². The van der Waals surface area contributed by atoms with E-state index >= 15 is 0 Å². The fourth-order valence-electron chi connectivity index (χ4n) is 15.1. The molecule has 7 aliphatic rings. The van der Waals surface area contributed by atoms with E-state index in [1.165, 1.54) is 128 Å². The lowest BCUT2D eigenvalue weighted by atomic mass is 9.48. The fourth-order valence-corrected chi connectivity index (χ4v) is 15.1. The average molecular weight is 781 g/mol. The van der Waals surface area contributed by atoms with Gasteiger partial charge in [-0.25, -0.2) is 4.79 Å². The molecule has 7 aliphatic carbocycles. The van der Waals surface area contributed by atoms with Crippen molar-refractivity contribution in [3.8, 4) is 0 Å². The average Bonchev–Trinajstić information content (AvgIpc) is 3.53. The SMILES string of the molecule is COC1CCC(C2(C3CCC(OC4CCC(C(OC(=O)NCCCCCCNC(C)=O)C5CCC(C)CC5)CC4)CC3)C3CCCCC3C3CCCCC32)CC1. The molecule has 2 N–H and O–H groups in total. The van der Waals surface area contributed by atoms with E-state index in [9.17, 15) is 9.59 Å². The van der Waals surface area contributed by atoms with Crippen molar-refractivity contribution in [1.82, 2.24) is 10.6 Å². The van der Waals surface area contributed by atoms with Gasteiger partial charge >= 0.3 is 6.09 Å². The standard InChI is InChI=1S/C49H84N2O5/c1-34-16-18-36(19-17-34)47(56-48(53)51-33-11-5-4-10-32-50-35(2)52)37-20-26-41(27-21-37)55-42-30-24-39(25-31-42)49(38-22-28-40(54-3)29-23-38)45-14-8-6-12-43(45)44-13-7-9-15-46(44)49/h34,36-47H,4-33H2,1-3H3,(H,50,52)(H,51,53). The summed E-state index contributed by atoms with van der Waals surface area (Å²) in [5.74, 6) is 7.60. The maximum absolute atomic E-state index is 13.2. The maximum Gasteiger partial charge on any atom is 0.407 e. The van der Waals surface area contributed by atoms with E-state index in [1.807, 2.05) is 7.11 Å². The van der Waals surface area contributed by atoms with Crippen LogP contribution in [0.25, 0.3) is 0 Å². The Balaban J connectivity index is 0.911. The third kappa shape index (κ3) is 10.2. The minimum absolute atomic E-state index is 0.0327. The molecule has 0 radical (unpaired) electrons. The molecule has 0 heterocycles. The monoisotopic (exact) mass is 781 g/mol. The molecular weight excluding hydrogens is 697 g/mol. The molecule has 0 aromatic rings. The quantitative estimate of drug-likeness (QED) is 0.162. The van der Waals surface area contributed by atoms with Crippen LogP contribution in [0, 0.1) is 58.7 Å². The summed E-state index contributed by atoms with van der Waals surface area (Å²) in [4.78, 5) is 24.2. The fraction of sp³-hybridized carbons (Fsp3) is 0.959. The molecule has 7 heteroatoms. The molecule has 0 aromatic heterocycles. The van der Waals surface area contributed by atoms with E-state index in [4.69, 9.17) is 14.2 Å². The van der Waals surface area contributed by atoms with Crippen molar-refractivity contribution in [2.24, 2.45) is 58.7 Å². The molecule has 0 aromatic carbocycles. The number of alkyl carbamates (subject to hydrolysis) is 1. The Morgan fingerprint density at radius 3 is 1.55 bits per heavy atom. The summed E-state index contributed by atoms with van der Waals surface area (Å²) in [5.41, 5.74) is 0.588. The van der Waals surface area contributed by atoms with Gasteiger partial charge in [-0.05, 0) is 187 Å². The zero-order valence-corrected chi connectivity index (χ0v) is 36.3. The van der Waals surface area contributed by atoms with Gasteiger partial charge in [0.05, 0.1) is 18.3 Å². The second-order valence-corrected chi connectivity index (χ2v) is 20.7. The molecule has 7 saturated carbocycles. The molecule has 0 spiro atoms. The minimum atomic E-state index is -0.215. The first kappa shape index (κ1) is 42.8. The summed E-state index contributed by atoms with van der Waals surface area (Å²) >= 11 is 0. The first-order chi connectivity index (χ1) is 27.4. The topological polar surface area (TPSA) is 85.9 Å². The van der Waals surface area contributed by atoms with Gasteiger partial charge < -0.3 is 24.8 Å². The van der Waals surface area contributed by atoms with Crippen molar-refractivity contribution < 1.29 is 23.8 Å². The van der Waals surface area contributed by atoms with Crippen LogP contribution in [0.3, 0.4) is 0 Å². The van der Waals surface area contributed by atoms with E-state index in [2.05, 4.69) is 17.6 Å². The summed E-state index contributed by atoms with van der Waals surface area (Å²) < 4.78 is 19.4. The summed E-state index contributed by atoms with van der Waals surface area (Å²) in [7, 11) is 1.95. The summed E-state index contributed by atoms with van der Waals surface area (Å²) in [6, 6.07) is 0. The summed E-state index contributed by atoms with van der Waals surface area (Å²) in [6.07, 6.45) is 37.3. The van der Waals surface area contributed by atoms with Gasteiger partial charge in [0.15, 0.2) is 0 Å². The Hall–Kier alpha value is -1.34. The lowest BCUT2D eigenvalue weighted by Crippen LogP contribution is -2.51. The van der Waals surface area contributed by atoms with Gasteiger partial charge in [-0.1, -0.05) is 58.3 Å². The van der Waals surface area contributed by atoms with E-state index in [1.54, 1.807) is 6.92 Å². The van der Waals surface area contributed by atoms with Crippen LogP contribution >= 0.6 is 0 Å². The van der Waals surface area contributed by atoms with Crippen molar-refractivity contribution in [1.29, 1.82) is 0 Å². The van der Waals surface area contributed by atoms with Gasteiger partial charge in [-0.15, -0.1) is 0 Å². The van der Waals surface area contributed by atoms with Crippen LogP contribution in [0.15, 0.2) is 0 Å². The predicted octanol–water partition coefficient (Wildman–Crippen LogP) is 11.6. The highest BCUT2D eigenvalue weighted by Gasteiger charge is 2.65. The van der Waals surface area contributed by atoms with Crippen LogP contribution in [-0.4, -0.2) is 56.6 Å². The largest absolute Gasteiger partial charge is 0.446 e. The molecule has 5 atom stereocenters. The first-order valence-corrected chi connectivity index (χ1v) is 24.7. The van der Waals surface area contributed by atoms with Gasteiger partial charge in [-0.3, -0.25) is 4.79 Å². The molecule has 5 unspecified atom stereocenters. The van der Waals surface area contributed by atoms with Crippen LogP contribution < -0.4 is 10.6 Å². The Morgan fingerprint density at radius 1 is 0.571 bits per heavy atom. The molecule has 0 aliphatic heterocycles. The summed E-state index contributed by atoms with van der Waals surface area (Å²) in [6.45, 7) is 5.34. The number of carbonyl (C=O) groups is 2. The number of hydrogen-bond donors (Lipinski definition) is 2. The second-order valence-electron chi connectivity index (χ2n) is 20.7.